The summed E-state index contributed by atoms with van der Waals surface area (Å²) in [4.78, 5) is 0. The van der Waals surface area contributed by atoms with Crippen molar-refractivity contribution in [3.63, 3.8) is 0 Å². The molecule has 0 aromatic heterocycles. The van der Waals surface area contributed by atoms with Crippen molar-refractivity contribution in [1.29, 1.82) is 0 Å². The predicted octanol–water partition coefficient (Wildman–Crippen LogP) is 0.529. The molecule has 0 atom stereocenters. The van der Waals surface area contributed by atoms with Gasteiger partial charge in [0.05, 0.1) is 0 Å². The molecule has 0 unspecified atom stereocenters. The van der Waals surface area contributed by atoms with Crippen LogP contribution in [-0.2, 0) is 9.47 Å². The molecule has 0 saturated heterocycles. The van der Waals surface area contributed by atoms with Gasteiger partial charge in [-0.25, -0.2) is 0 Å². The first kappa shape index (κ1) is 5.28. The Balaban J connectivity index is 2.58. The standard InChI is InChI=1S/C5H9NO2/c1-2-4-5(6)8-3-7-4/h2-3,6H2,1H3. The van der Waals surface area contributed by atoms with Crippen molar-refractivity contribution in [1.82, 2.24) is 0 Å². The highest BCUT2D eigenvalue weighted by Crippen LogP contribution is 2.13. The third-order valence-corrected chi connectivity index (χ3v) is 1.04. The third kappa shape index (κ3) is 0.710. The Morgan fingerprint density at radius 2 is 2.38 bits per heavy atom. The average Bonchev–Trinajstić information content (AvgIpc) is 2.14. The molecular weight excluding hydrogens is 106 g/mol. The zero-order valence-electron chi connectivity index (χ0n) is 4.81. The summed E-state index contributed by atoms with van der Waals surface area (Å²) in [6.07, 6.45) is 0.811. The number of nitrogens with two attached hydrogens (primary N) is 1. The second-order valence-electron chi connectivity index (χ2n) is 1.55. The maximum atomic E-state index is 5.32. The third-order valence-electron chi connectivity index (χ3n) is 1.04. The topological polar surface area (TPSA) is 44.5 Å². The van der Waals surface area contributed by atoms with Crippen LogP contribution in [0.2, 0.25) is 0 Å². The van der Waals surface area contributed by atoms with Gasteiger partial charge in [0.2, 0.25) is 12.7 Å². The molecular formula is C5H9NO2. The van der Waals surface area contributed by atoms with Crippen LogP contribution in [0, 0.1) is 0 Å². The van der Waals surface area contributed by atoms with Crippen molar-refractivity contribution in [2.75, 3.05) is 6.79 Å². The minimum absolute atomic E-state index is 0.287. The van der Waals surface area contributed by atoms with Crippen molar-refractivity contribution in [2.45, 2.75) is 13.3 Å². The SMILES string of the molecule is CCC1=C(N)OCO1. The van der Waals surface area contributed by atoms with Crippen LogP contribution in [0.1, 0.15) is 13.3 Å². The Labute approximate surface area is 48.1 Å². The molecule has 0 amide bonds. The highest BCUT2D eigenvalue weighted by atomic mass is 16.7. The normalized spacial score (nSPS) is 18.1. The lowest BCUT2D eigenvalue weighted by molar-refractivity contribution is 0.0689. The number of hydrogen-bond acceptors (Lipinski definition) is 3. The fraction of sp³-hybridized carbons (Fsp3) is 0.600. The van der Waals surface area contributed by atoms with E-state index in [-0.39, 0.29) is 6.79 Å². The number of allylic oxidation sites excluding steroid dienone is 1. The van der Waals surface area contributed by atoms with Crippen LogP contribution in [-0.4, -0.2) is 6.79 Å². The molecule has 2 N–H and O–H groups in total. The van der Waals surface area contributed by atoms with Crippen LogP contribution in [0.25, 0.3) is 0 Å². The summed E-state index contributed by atoms with van der Waals surface area (Å²) in [6, 6.07) is 0. The fourth-order valence-corrected chi connectivity index (χ4v) is 0.592. The smallest absolute Gasteiger partial charge is 0.232 e. The van der Waals surface area contributed by atoms with Crippen LogP contribution < -0.4 is 5.73 Å². The summed E-state index contributed by atoms with van der Waals surface area (Å²) >= 11 is 0. The van der Waals surface area contributed by atoms with Gasteiger partial charge in [0.25, 0.3) is 0 Å². The Kier molecular flexibility index (Phi) is 1.28. The zero-order chi connectivity index (χ0) is 5.98. The first-order chi connectivity index (χ1) is 3.84. The van der Waals surface area contributed by atoms with Crippen molar-refractivity contribution < 1.29 is 9.47 Å². The summed E-state index contributed by atoms with van der Waals surface area (Å²) in [6.45, 7) is 2.26. The van der Waals surface area contributed by atoms with E-state index in [1.807, 2.05) is 6.92 Å². The molecule has 0 bridgehead atoms. The van der Waals surface area contributed by atoms with Crippen LogP contribution in [0.5, 0.6) is 0 Å². The van der Waals surface area contributed by atoms with Gasteiger partial charge in [-0.2, -0.15) is 0 Å². The van der Waals surface area contributed by atoms with Crippen molar-refractivity contribution >= 4 is 0 Å². The first-order valence-electron chi connectivity index (χ1n) is 2.58. The molecule has 0 saturated carbocycles. The molecule has 3 heteroatoms. The quantitative estimate of drug-likeness (QED) is 0.542. The van der Waals surface area contributed by atoms with E-state index < -0.39 is 0 Å². The summed E-state index contributed by atoms with van der Waals surface area (Å²) < 4.78 is 9.74. The van der Waals surface area contributed by atoms with Crippen LogP contribution >= 0.6 is 0 Å². The van der Waals surface area contributed by atoms with Crippen LogP contribution in [0.3, 0.4) is 0 Å². The van der Waals surface area contributed by atoms with E-state index in [9.17, 15) is 0 Å². The maximum absolute atomic E-state index is 5.32. The monoisotopic (exact) mass is 115 g/mol. The summed E-state index contributed by atoms with van der Waals surface area (Å²) in [5, 5.41) is 0. The van der Waals surface area contributed by atoms with Gasteiger partial charge in [-0.3, -0.25) is 0 Å². The molecule has 1 rings (SSSR count). The first-order valence-corrected chi connectivity index (χ1v) is 2.58. The molecule has 3 nitrogen and oxygen atoms in total. The second-order valence-corrected chi connectivity index (χ2v) is 1.55. The summed E-state index contributed by atoms with van der Waals surface area (Å²) in [5.74, 6) is 1.21. The molecule has 0 aromatic carbocycles. The molecule has 0 fully saturated rings. The van der Waals surface area contributed by atoms with E-state index >= 15 is 0 Å². The molecule has 0 aromatic rings. The van der Waals surface area contributed by atoms with Crippen molar-refractivity contribution in [2.24, 2.45) is 5.73 Å². The summed E-state index contributed by atoms with van der Waals surface area (Å²) in [7, 11) is 0. The lowest BCUT2D eigenvalue weighted by atomic mass is 10.4. The highest BCUT2D eigenvalue weighted by molar-refractivity contribution is 4.98. The second kappa shape index (κ2) is 1.94. The lowest BCUT2D eigenvalue weighted by Crippen LogP contribution is -1.97. The molecule has 0 aliphatic carbocycles. The van der Waals surface area contributed by atoms with E-state index in [0.717, 1.165) is 12.2 Å². The Morgan fingerprint density at radius 3 is 2.62 bits per heavy atom. The minimum atomic E-state index is 0.287. The zero-order valence-corrected chi connectivity index (χ0v) is 4.81. The van der Waals surface area contributed by atoms with Crippen molar-refractivity contribution in [3.8, 4) is 0 Å². The average molecular weight is 115 g/mol. The van der Waals surface area contributed by atoms with E-state index in [1.165, 1.54) is 0 Å². The van der Waals surface area contributed by atoms with Gasteiger partial charge in [-0.05, 0) is 0 Å². The van der Waals surface area contributed by atoms with E-state index in [2.05, 4.69) is 0 Å². The molecule has 1 heterocycles. The van der Waals surface area contributed by atoms with Gasteiger partial charge in [0, 0.05) is 6.42 Å². The van der Waals surface area contributed by atoms with Gasteiger partial charge < -0.3 is 15.2 Å². The Morgan fingerprint density at radius 1 is 1.62 bits per heavy atom. The van der Waals surface area contributed by atoms with E-state index in [0.29, 0.717) is 5.88 Å². The van der Waals surface area contributed by atoms with E-state index in [1.54, 1.807) is 0 Å². The Bertz CT molecular complexity index is 120. The van der Waals surface area contributed by atoms with Gasteiger partial charge in [0.1, 0.15) is 0 Å². The molecule has 1 aliphatic rings. The maximum Gasteiger partial charge on any atom is 0.232 e. The molecule has 8 heavy (non-hydrogen) atoms. The van der Waals surface area contributed by atoms with Crippen LogP contribution in [0.4, 0.5) is 0 Å². The van der Waals surface area contributed by atoms with Gasteiger partial charge in [0.15, 0.2) is 5.76 Å². The predicted molar refractivity (Wildman–Crippen MR) is 28.5 cm³/mol. The van der Waals surface area contributed by atoms with Crippen LogP contribution in [0.15, 0.2) is 11.6 Å². The van der Waals surface area contributed by atoms with Gasteiger partial charge >= 0.3 is 0 Å². The lowest BCUT2D eigenvalue weighted by Gasteiger charge is -1.91. The number of rotatable bonds is 1. The fourth-order valence-electron chi connectivity index (χ4n) is 0.592. The van der Waals surface area contributed by atoms with Gasteiger partial charge in [-0.1, -0.05) is 6.92 Å². The highest BCUT2D eigenvalue weighted by Gasteiger charge is 2.10. The van der Waals surface area contributed by atoms with E-state index in [4.69, 9.17) is 15.2 Å². The molecule has 1 aliphatic heterocycles. The number of ether oxygens (including phenoxy) is 2. The molecule has 0 spiro atoms. The number of hydrogen-bond donors (Lipinski definition) is 1. The minimum Gasteiger partial charge on any atom is -0.456 e. The largest absolute Gasteiger partial charge is 0.456 e. The summed E-state index contributed by atoms with van der Waals surface area (Å²) in [5.41, 5.74) is 5.32. The molecule has 0 radical (unpaired) electrons. The molecule has 46 valence electrons. The Hall–Kier alpha value is -0.860. The van der Waals surface area contributed by atoms with Gasteiger partial charge in [-0.15, -0.1) is 0 Å². The van der Waals surface area contributed by atoms with Crippen molar-refractivity contribution in [3.05, 3.63) is 11.6 Å².